The Hall–Kier alpha value is -1.75. The maximum absolute atomic E-state index is 12.3. The number of carbonyl (C=O) groups excluding carboxylic acids is 1. The van der Waals surface area contributed by atoms with E-state index in [4.69, 9.17) is 14.2 Å². The highest BCUT2D eigenvalue weighted by Gasteiger charge is 2.25. The number of halogens is 1. The molecule has 1 atom stereocenters. The number of rotatable bonds is 11. The topological polar surface area (TPSA) is 44.8 Å². The molecule has 4 nitrogen and oxygen atoms in total. The second kappa shape index (κ2) is 12.7. The summed E-state index contributed by atoms with van der Waals surface area (Å²) in [5.41, 5.74) is 3.35. The van der Waals surface area contributed by atoms with Gasteiger partial charge in [0.25, 0.3) is 0 Å². The van der Waals surface area contributed by atoms with Gasteiger partial charge in [0.1, 0.15) is 11.5 Å². The predicted molar refractivity (Wildman–Crippen MR) is 121 cm³/mol. The van der Waals surface area contributed by atoms with Crippen molar-refractivity contribution in [1.82, 2.24) is 0 Å². The van der Waals surface area contributed by atoms with Crippen molar-refractivity contribution in [3.63, 3.8) is 0 Å². The summed E-state index contributed by atoms with van der Waals surface area (Å²) in [7, 11) is 0. The van der Waals surface area contributed by atoms with Gasteiger partial charge in [-0.05, 0) is 63.1 Å². The monoisotopic (exact) mass is 464 g/mol. The molecule has 0 bridgehead atoms. The average Bonchev–Trinajstić information content (AvgIpc) is 2.68. The summed E-state index contributed by atoms with van der Waals surface area (Å²) in [6.07, 6.45) is 11.3. The normalized spacial score (nSPS) is 16.1. The minimum absolute atomic E-state index is 0.147. The summed E-state index contributed by atoms with van der Waals surface area (Å²) in [5, 5.41) is 0.780. The maximum Gasteiger partial charge on any atom is 0.513 e. The highest BCUT2D eigenvalue weighted by atomic mass is 79.9. The number of aryl methyl sites for hydroxylation is 1. The van der Waals surface area contributed by atoms with Gasteiger partial charge in [-0.25, -0.2) is 4.79 Å². The van der Waals surface area contributed by atoms with Gasteiger partial charge in [0.05, 0.1) is 12.9 Å². The quantitative estimate of drug-likeness (QED) is 0.0850. The van der Waals surface area contributed by atoms with Gasteiger partial charge in [0.15, 0.2) is 0 Å². The first kappa shape index (κ1) is 23.5. The first-order chi connectivity index (χ1) is 14.1. The van der Waals surface area contributed by atoms with Crippen molar-refractivity contribution in [3.05, 3.63) is 47.7 Å². The van der Waals surface area contributed by atoms with E-state index in [9.17, 15) is 4.79 Å². The molecule has 1 aromatic carbocycles. The van der Waals surface area contributed by atoms with E-state index in [1.807, 2.05) is 6.07 Å². The number of unbranched alkanes of at least 4 members (excludes halogenated alkanes) is 2. The summed E-state index contributed by atoms with van der Waals surface area (Å²) < 4.78 is 16.7. The van der Waals surface area contributed by atoms with Gasteiger partial charge in [-0.15, -0.1) is 0 Å². The highest BCUT2D eigenvalue weighted by molar-refractivity contribution is 9.09. The molecule has 1 aliphatic carbocycles. The first-order valence-corrected chi connectivity index (χ1v) is 11.7. The third kappa shape index (κ3) is 7.54. The zero-order valence-corrected chi connectivity index (χ0v) is 19.3. The van der Waals surface area contributed by atoms with Crippen LogP contribution in [0.25, 0.3) is 0 Å². The molecule has 0 radical (unpaired) electrons. The Morgan fingerprint density at radius 2 is 2.07 bits per heavy atom. The number of ether oxygens (including phenoxy) is 3. The van der Waals surface area contributed by atoms with Crippen LogP contribution < -0.4 is 9.47 Å². The van der Waals surface area contributed by atoms with E-state index in [1.54, 1.807) is 0 Å². The molecule has 0 amide bonds. The second-order valence-corrected chi connectivity index (χ2v) is 8.30. The number of hydrogen-bond acceptors (Lipinski definition) is 4. The van der Waals surface area contributed by atoms with E-state index in [-0.39, 0.29) is 5.92 Å². The molecule has 0 aromatic heterocycles. The fourth-order valence-electron chi connectivity index (χ4n) is 3.68. The molecule has 0 heterocycles. The van der Waals surface area contributed by atoms with Crippen LogP contribution >= 0.6 is 15.9 Å². The summed E-state index contributed by atoms with van der Waals surface area (Å²) in [6.45, 7) is 8.39. The SMILES string of the molecule is C=COc1cc(CCCCC)cc(OC(=O)OCCCBr)c1[C@@H]1C=C(C)CCC1. The Bertz CT molecular complexity index is 711. The van der Waals surface area contributed by atoms with Gasteiger partial charge in [-0.3, -0.25) is 0 Å². The number of alkyl halides is 1. The molecule has 2 rings (SSSR count). The van der Waals surface area contributed by atoms with Crippen LogP contribution in [0, 0.1) is 0 Å². The smallest absolute Gasteiger partial charge is 0.465 e. The average molecular weight is 465 g/mol. The molecule has 0 unspecified atom stereocenters. The summed E-state index contributed by atoms with van der Waals surface area (Å²) in [4.78, 5) is 12.3. The molecule has 0 saturated carbocycles. The van der Waals surface area contributed by atoms with Gasteiger partial charge >= 0.3 is 6.16 Å². The Labute approximate surface area is 183 Å². The molecular weight excluding hydrogens is 432 g/mol. The summed E-state index contributed by atoms with van der Waals surface area (Å²) in [5.74, 6) is 1.40. The zero-order chi connectivity index (χ0) is 21.1. The van der Waals surface area contributed by atoms with Crippen molar-refractivity contribution in [2.75, 3.05) is 11.9 Å². The molecule has 1 aliphatic rings. The van der Waals surface area contributed by atoms with E-state index in [0.717, 1.165) is 67.8 Å². The summed E-state index contributed by atoms with van der Waals surface area (Å²) >= 11 is 3.34. The number of allylic oxidation sites excluding steroid dienone is 2. The Morgan fingerprint density at radius 1 is 1.28 bits per heavy atom. The molecule has 160 valence electrons. The van der Waals surface area contributed by atoms with Gasteiger partial charge in [-0.2, -0.15) is 0 Å². The fraction of sp³-hybridized carbons (Fsp3) is 0.542. The van der Waals surface area contributed by atoms with Crippen LogP contribution in [0.2, 0.25) is 0 Å². The van der Waals surface area contributed by atoms with Crippen molar-refractivity contribution in [3.8, 4) is 11.5 Å². The van der Waals surface area contributed by atoms with Crippen molar-refractivity contribution in [2.45, 2.75) is 71.1 Å². The molecular formula is C24H33BrO4. The second-order valence-electron chi connectivity index (χ2n) is 7.50. The van der Waals surface area contributed by atoms with Crippen LogP contribution in [-0.4, -0.2) is 18.1 Å². The Kier molecular flexibility index (Phi) is 10.3. The fourth-order valence-corrected chi connectivity index (χ4v) is 3.91. The Morgan fingerprint density at radius 3 is 2.76 bits per heavy atom. The van der Waals surface area contributed by atoms with Crippen LogP contribution in [0.3, 0.4) is 0 Å². The highest BCUT2D eigenvalue weighted by Crippen LogP contribution is 2.43. The third-order valence-electron chi connectivity index (χ3n) is 5.08. The van der Waals surface area contributed by atoms with Crippen molar-refractivity contribution in [2.24, 2.45) is 0 Å². The standard InChI is InChI=1S/C24H33BrO4/c1-4-6-7-11-19-16-21(27-5-2)23(20-12-8-10-18(3)15-20)22(17-19)29-24(26)28-14-9-13-25/h5,15-17,20H,2,4,6-14H2,1,3H3/t20-/m0/s1. The lowest BCUT2D eigenvalue weighted by molar-refractivity contribution is 0.0989. The molecule has 1 aromatic rings. The van der Waals surface area contributed by atoms with Gasteiger partial charge in [0, 0.05) is 16.8 Å². The maximum atomic E-state index is 12.3. The molecule has 5 heteroatoms. The van der Waals surface area contributed by atoms with Crippen LogP contribution in [0.4, 0.5) is 4.79 Å². The Balaban J connectivity index is 2.38. The van der Waals surface area contributed by atoms with Crippen LogP contribution in [0.15, 0.2) is 36.6 Å². The van der Waals surface area contributed by atoms with E-state index < -0.39 is 6.16 Å². The first-order valence-electron chi connectivity index (χ1n) is 10.6. The van der Waals surface area contributed by atoms with Crippen LogP contribution in [0.1, 0.15) is 75.8 Å². The van der Waals surface area contributed by atoms with Gasteiger partial charge < -0.3 is 14.2 Å². The number of benzene rings is 1. The van der Waals surface area contributed by atoms with Crippen molar-refractivity contribution in [1.29, 1.82) is 0 Å². The van der Waals surface area contributed by atoms with Crippen LogP contribution in [-0.2, 0) is 11.2 Å². The molecule has 0 fully saturated rings. The van der Waals surface area contributed by atoms with E-state index in [1.165, 1.54) is 11.8 Å². The molecule has 0 N–H and O–H groups in total. The van der Waals surface area contributed by atoms with E-state index >= 15 is 0 Å². The minimum atomic E-state index is -0.668. The molecule has 0 aliphatic heterocycles. The van der Waals surface area contributed by atoms with Crippen molar-refractivity contribution < 1.29 is 19.0 Å². The lowest BCUT2D eigenvalue weighted by Crippen LogP contribution is -2.15. The van der Waals surface area contributed by atoms with Crippen molar-refractivity contribution >= 4 is 22.1 Å². The van der Waals surface area contributed by atoms with Gasteiger partial charge in [-0.1, -0.05) is 53.9 Å². The molecule has 0 saturated heterocycles. The zero-order valence-electron chi connectivity index (χ0n) is 17.7. The number of hydrogen-bond donors (Lipinski definition) is 0. The van der Waals surface area contributed by atoms with E-state index in [0.29, 0.717) is 18.1 Å². The summed E-state index contributed by atoms with van der Waals surface area (Å²) in [6, 6.07) is 4.04. The lowest BCUT2D eigenvalue weighted by atomic mass is 9.84. The van der Waals surface area contributed by atoms with Crippen LogP contribution in [0.5, 0.6) is 11.5 Å². The number of carbonyl (C=O) groups is 1. The van der Waals surface area contributed by atoms with E-state index in [2.05, 4.69) is 48.5 Å². The van der Waals surface area contributed by atoms with Gasteiger partial charge in [0.2, 0.25) is 0 Å². The lowest BCUT2D eigenvalue weighted by Gasteiger charge is -2.24. The molecule has 0 spiro atoms. The minimum Gasteiger partial charge on any atom is -0.465 e. The predicted octanol–water partition coefficient (Wildman–Crippen LogP) is 7.46. The molecule has 29 heavy (non-hydrogen) atoms. The largest absolute Gasteiger partial charge is 0.513 e. The third-order valence-corrected chi connectivity index (χ3v) is 5.64.